The molecule has 1 aromatic carbocycles. The zero-order valence-corrected chi connectivity index (χ0v) is 13.3. The molecule has 94 valence electrons. The van der Waals surface area contributed by atoms with Gasteiger partial charge in [0.25, 0.3) is 0 Å². The van der Waals surface area contributed by atoms with E-state index in [0.29, 0.717) is 10.1 Å². The van der Waals surface area contributed by atoms with Gasteiger partial charge in [0.2, 0.25) is 0 Å². The topological polar surface area (TPSA) is 0 Å². The average molecular weight is 287 g/mol. The third-order valence-corrected chi connectivity index (χ3v) is 4.26. The van der Waals surface area contributed by atoms with Crippen molar-refractivity contribution >= 4 is 40.6 Å². The largest absolute Gasteiger partial charge is 0.131 e. The van der Waals surface area contributed by atoms with Crippen LogP contribution in [0.4, 0.5) is 0 Å². The van der Waals surface area contributed by atoms with Gasteiger partial charge in [0.15, 0.2) is 0 Å². The van der Waals surface area contributed by atoms with Gasteiger partial charge in [0.05, 0.1) is 4.20 Å². The molecule has 0 saturated heterocycles. The van der Waals surface area contributed by atoms with Crippen LogP contribution in [0.1, 0.15) is 55.4 Å². The molecule has 1 aromatic rings. The van der Waals surface area contributed by atoms with Crippen LogP contribution in [0.5, 0.6) is 0 Å². The quantitative estimate of drug-likeness (QED) is 0.577. The molecule has 0 spiro atoms. The lowest BCUT2D eigenvalue weighted by molar-refractivity contribution is 0.722. The van der Waals surface area contributed by atoms with Gasteiger partial charge >= 0.3 is 0 Å². The second-order valence-electron chi connectivity index (χ2n) is 4.42. The number of benzene rings is 1. The Bertz CT molecular complexity index is 438. The molecule has 0 saturated carbocycles. The Morgan fingerprint density at radius 1 is 1.47 bits per heavy atom. The fourth-order valence-corrected chi connectivity index (χ4v) is 2.81. The van der Waals surface area contributed by atoms with Crippen LogP contribution < -0.4 is 0 Å². The van der Waals surface area contributed by atoms with Crippen LogP contribution in [0.25, 0.3) is 0 Å². The standard InChI is InChI=1S/C14H19ClS2/c1-5-8(3)12-10(6-2)13(15)9(4)7-11(12)14(16)17/h7-8H,5-6H2,1-4H3,(H,16,17). The highest BCUT2D eigenvalue weighted by Gasteiger charge is 2.19. The minimum Gasteiger partial charge on any atom is -0.131 e. The number of thiocarbonyl (C=S) groups is 1. The Hall–Kier alpha value is -0.0500. The van der Waals surface area contributed by atoms with Gasteiger partial charge in [0, 0.05) is 10.6 Å². The van der Waals surface area contributed by atoms with E-state index in [9.17, 15) is 0 Å². The number of rotatable bonds is 4. The summed E-state index contributed by atoms with van der Waals surface area (Å²) in [6.45, 7) is 8.56. The van der Waals surface area contributed by atoms with E-state index in [1.807, 2.05) is 6.92 Å². The van der Waals surface area contributed by atoms with Crippen LogP contribution in [0, 0.1) is 6.92 Å². The third-order valence-electron chi connectivity index (χ3n) is 3.28. The zero-order chi connectivity index (χ0) is 13.2. The fourth-order valence-electron chi connectivity index (χ4n) is 2.17. The molecule has 0 radical (unpaired) electrons. The van der Waals surface area contributed by atoms with Crippen LogP contribution in [-0.2, 0) is 6.42 Å². The second kappa shape index (κ2) is 6.21. The Kier molecular flexibility index (Phi) is 5.49. The predicted molar refractivity (Wildman–Crippen MR) is 85.0 cm³/mol. The summed E-state index contributed by atoms with van der Waals surface area (Å²) < 4.78 is 0.662. The highest BCUT2D eigenvalue weighted by atomic mass is 35.5. The van der Waals surface area contributed by atoms with Crippen LogP contribution in [0.3, 0.4) is 0 Å². The number of hydrogen-bond acceptors (Lipinski definition) is 1. The fraction of sp³-hybridized carbons (Fsp3) is 0.500. The average Bonchev–Trinajstić information content (AvgIpc) is 2.30. The number of thiol groups is 1. The normalized spacial score (nSPS) is 12.6. The lowest BCUT2D eigenvalue weighted by Crippen LogP contribution is -2.07. The molecule has 0 aromatic heterocycles. The zero-order valence-electron chi connectivity index (χ0n) is 10.8. The first-order valence-corrected chi connectivity index (χ1v) is 7.22. The molecule has 0 bridgehead atoms. The number of halogens is 1. The maximum atomic E-state index is 6.41. The van der Waals surface area contributed by atoms with Crippen molar-refractivity contribution in [1.82, 2.24) is 0 Å². The van der Waals surface area contributed by atoms with E-state index >= 15 is 0 Å². The summed E-state index contributed by atoms with van der Waals surface area (Å²) in [5, 5.41) is 0.885. The molecular weight excluding hydrogens is 268 g/mol. The van der Waals surface area contributed by atoms with E-state index in [0.717, 1.165) is 29.0 Å². The molecular formula is C14H19ClS2. The monoisotopic (exact) mass is 286 g/mol. The SMILES string of the molecule is CCc1c(Cl)c(C)cc(C(=S)S)c1C(C)CC. The first-order valence-electron chi connectivity index (χ1n) is 5.99. The molecule has 0 heterocycles. The summed E-state index contributed by atoms with van der Waals surface area (Å²) >= 11 is 16.0. The summed E-state index contributed by atoms with van der Waals surface area (Å²) in [7, 11) is 0. The molecule has 0 aliphatic carbocycles. The highest BCUT2D eigenvalue weighted by molar-refractivity contribution is 8.11. The minimum absolute atomic E-state index is 0.461. The summed E-state index contributed by atoms with van der Waals surface area (Å²) in [5.41, 5.74) is 4.68. The van der Waals surface area contributed by atoms with E-state index in [2.05, 4.69) is 39.5 Å². The van der Waals surface area contributed by atoms with E-state index < -0.39 is 0 Å². The van der Waals surface area contributed by atoms with Crippen LogP contribution in [-0.4, -0.2) is 4.20 Å². The van der Waals surface area contributed by atoms with E-state index in [1.165, 1.54) is 11.1 Å². The highest BCUT2D eigenvalue weighted by Crippen LogP contribution is 2.35. The Morgan fingerprint density at radius 3 is 2.47 bits per heavy atom. The van der Waals surface area contributed by atoms with Gasteiger partial charge in [0.1, 0.15) is 0 Å². The smallest absolute Gasteiger partial charge is 0.0750 e. The second-order valence-corrected chi connectivity index (χ2v) is 5.95. The van der Waals surface area contributed by atoms with Crippen LogP contribution in [0.15, 0.2) is 6.07 Å². The maximum absolute atomic E-state index is 6.41. The molecule has 3 heteroatoms. The van der Waals surface area contributed by atoms with E-state index in [1.54, 1.807) is 0 Å². The molecule has 17 heavy (non-hydrogen) atoms. The van der Waals surface area contributed by atoms with Gasteiger partial charge in [-0.3, -0.25) is 0 Å². The molecule has 0 N–H and O–H groups in total. The molecule has 0 amide bonds. The molecule has 0 nitrogen and oxygen atoms in total. The minimum atomic E-state index is 0.461. The Morgan fingerprint density at radius 2 is 2.06 bits per heavy atom. The van der Waals surface area contributed by atoms with Crippen molar-refractivity contribution in [2.45, 2.75) is 46.5 Å². The van der Waals surface area contributed by atoms with Gasteiger partial charge in [-0.15, -0.1) is 12.6 Å². The van der Waals surface area contributed by atoms with Crippen LogP contribution in [0.2, 0.25) is 5.02 Å². The molecule has 0 fully saturated rings. The third kappa shape index (κ3) is 3.04. The summed E-state index contributed by atoms with van der Waals surface area (Å²) in [5.74, 6) is 0.461. The molecule has 1 rings (SSSR count). The summed E-state index contributed by atoms with van der Waals surface area (Å²) in [6.07, 6.45) is 2.01. The molecule has 0 aliphatic heterocycles. The molecule has 1 atom stereocenters. The van der Waals surface area contributed by atoms with Crippen molar-refractivity contribution in [2.24, 2.45) is 0 Å². The van der Waals surface area contributed by atoms with Gasteiger partial charge in [-0.2, -0.15) is 0 Å². The van der Waals surface area contributed by atoms with E-state index in [4.69, 9.17) is 23.8 Å². The Balaban J connectivity index is 3.60. The van der Waals surface area contributed by atoms with Crippen molar-refractivity contribution in [1.29, 1.82) is 0 Å². The lowest BCUT2D eigenvalue weighted by Gasteiger charge is -2.21. The summed E-state index contributed by atoms with van der Waals surface area (Å²) in [4.78, 5) is 0. The van der Waals surface area contributed by atoms with Gasteiger partial charge in [-0.1, -0.05) is 44.6 Å². The van der Waals surface area contributed by atoms with Gasteiger partial charge in [-0.05, 0) is 48.4 Å². The van der Waals surface area contributed by atoms with Crippen LogP contribution >= 0.6 is 36.4 Å². The Labute approximate surface area is 120 Å². The number of aryl methyl sites for hydroxylation is 1. The first-order chi connectivity index (χ1) is 7.93. The van der Waals surface area contributed by atoms with E-state index in [-0.39, 0.29) is 0 Å². The van der Waals surface area contributed by atoms with Gasteiger partial charge < -0.3 is 0 Å². The van der Waals surface area contributed by atoms with Crippen molar-refractivity contribution in [3.05, 3.63) is 33.3 Å². The molecule has 0 aliphatic rings. The summed E-state index contributed by atoms with van der Waals surface area (Å²) in [6, 6.07) is 2.07. The predicted octanol–water partition coefficient (Wildman–Crippen LogP) is 5.33. The van der Waals surface area contributed by atoms with Crippen molar-refractivity contribution < 1.29 is 0 Å². The van der Waals surface area contributed by atoms with Crippen molar-refractivity contribution in [2.75, 3.05) is 0 Å². The lowest BCUT2D eigenvalue weighted by atomic mass is 9.87. The van der Waals surface area contributed by atoms with Crippen molar-refractivity contribution in [3.8, 4) is 0 Å². The molecule has 1 unspecified atom stereocenters. The first kappa shape index (κ1) is 15.0. The maximum Gasteiger partial charge on any atom is 0.0750 e. The van der Waals surface area contributed by atoms with Crippen molar-refractivity contribution in [3.63, 3.8) is 0 Å². The number of hydrogen-bond donors (Lipinski definition) is 1. The van der Waals surface area contributed by atoms with Gasteiger partial charge in [-0.25, -0.2) is 0 Å².